The number of ketones is 1. The molecule has 4 nitrogen and oxygen atoms in total. The van der Waals surface area contributed by atoms with E-state index in [0.29, 0.717) is 25.4 Å². The van der Waals surface area contributed by atoms with Crippen LogP contribution < -0.4 is 5.73 Å². The summed E-state index contributed by atoms with van der Waals surface area (Å²) in [4.78, 5) is 12.3. The molecule has 1 aliphatic rings. The van der Waals surface area contributed by atoms with Gasteiger partial charge in [-0.3, -0.25) is 9.48 Å². The van der Waals surface area contributed by atoms with Crippen LogP contribution in [0.2, 0.25) is 0 Å². The Morgan fingerprint density at radius 1 is 1.40 bits per heavy atom. The first kappa shape index (κ1) is 15.2. The highest BCUT2D eigenvalue weighted by atomic mass is 16.1. The molecule has 0 bridgehead atoms. The van der Waals surface area contributed by atoms with E-state index in [0.717, 1.165) is 18.5 Å². The summed E-state index contributed by atoms with van der Waals surface area (Å²) >= 11 is 0. The normalized spacial score (nSPS) is 18.4. The lowest BCUT2D eigenvalue weighted by Gasteiger charge is -2.35. The smallest absolute Gasteiger partial charge is 0.139 e. The van der Waals surface area contributed by atoms with Crippen LogP contribution in [0.1, 0.15) is 64.1 Å². The molecule has 1 fully saturated rings. The highest BCUT2D eigenvalue weighted by Crippen LogP contribution is 2.38. The highest BCUT2D eigenvalue weighted by molar-refractivity contribution is 5.81. The Bertz CT molecular complexity index is 444. The Morgan fingerprint density at radius 3 is 2.65 bits per heavy atom. The van der Waals surface area contributed by atoms with Crippen LogP contribution >= 0.6 is 0 Å². The van der Waals surface area contributed by atoms with E-state index in [-0.39, 0.29) is 11.2 Å². The summed E-state index contributed by atoms with van der Waals surface area (Å²) in [5, 5.41) is 4.46. The van der Waals surface area contributed by atoms with E-state index in [9.17, 15) is 4.79 Å². The Labute approximate surface area is 121 Å². The van der Waals surface area contributed by atoms with Gasteiger partial charge in [-0.15, -0.1) is 0 Å². The fraction of sp³-hybridized carbons (Fsp3) is 0.750. The van der Waals surface area contributed by atoms with Gasteiger partial charge in [-0.2, -0.15) is 5.10 Å². The minimum Gasteiger partial charge on any atom is -0.330 e. The zero-order chi connectivity index (χ0) is 14.6. The fourth-order valence-corrected chi connectivity index (χ4v) is 3.20. The minimum atomic E-state index is 0.0654. The van der Waals surface area contributed by atoms with E-state index < -0.39 is 0 Å². The van der Waals surface area contributed by atoms with Gasteiger partial charge in [-0.25, -0.2) is 0 Å². The number of Topliss-reactive ketones (excluding diaryl/α,β-unsaturated/α-hetero) is 1. The van der Waals surface area contributed by atoms with Crippen LogP contribution in [0.5, 0.6) is 0 Å². The van der Waals surface area contributed by atoms with Crippen molar-refractivity contribution in [2.24, 2.45) is 11.1 Å². The molecule has 1 aromatic rings. The highest BCUT2D eigenvalue weighted by Gasteiger charge is 2.32. The number of nitrogens with two attached hydrogens (primary N) is 1. The molecule has 0 aliphatic heterocycles. The van der Waals surface area contributed by atoms with Gasteiger partial charge >= 0.3 is 0 Å². The Morgan fingerprint density at radius 2 is 2.10 bits per heavy atom. The predicted molar refractivity (Wildman–Crippen MR) is 80.5 cm³/mol. The third kappa shape index (κ3) is 3.69. The molecule has 0 unspecified atom stereocenters. The number of hydrogen-bond donors (Lipinski definition) is 1. The van der Waals surface area contributed by atoms with Gasteiger partial charge in [0.15, 0.2) is 0 Å². The van der Waals surface area contributed by atoms with Gasteiger partial charge in [-0.1, -0.05) is 19.3 Å². The molecule has 2 rings (SSSR count). The first-order valence-electron chi connectivity index (χ1n) is 7.80. The van der Waals surface area contributed by atoms with E-state index in [2.05, 4.69) is 18.9 Å². The molecule has 4 heteroatoms. The third-order valence-corrected chi connectivity index (χ3v) is 4.49. The minimum absolute atomic E-state index is 0.0654. The SMILES string of the molecule is CC(C)n1ccc(CC(=O)CC2(CN)CCCCC2)n1. The van der Waals surface area contributed by atoms with Crippen molar-refractivity contribution < 1.29 is 4.79 Å². The van der Waals surface area contributed by atoms with Crippen LogP contribution in [0, 0.1) is 5.41 Å². The van der Waals surface area contributed by atoms with E-state index in [1.807, 2.05) is 16.9 Å². The summed E-state index contributed by atoms with van der Waals surface area (Å²) in [7, 11) is 0. The number of rotatable bonds is 6. The van der Waals surface area contributed by atoms with Crippen LogP contribution in [0.15, 0.2) is 12.3 Å². The number of carbonyl (C=O) groups excluding carboxylic acids is 1. The topological polar surface area (TPSA) is 60.9 Å². The van der Waals surface area contributed by atoms with Gasteiger partial charge in [0.05, 0.1) is 12.1 Å². The molecule has 0 spiro atoms. The maximum absolute atomic E-state index is 12.3. The van der Waals surface area contributed by atoms with Crippen LogP contribution in [0.25, 0.3) is 0 Å². The average Bonchev–Trinajstić information content (AvgIpc) is 2.88. The maximum atomic E-state index is 12.3. The van der Waals surface area contributed by atoms with Gasteiger partial charge < -0.3 is 5.73 Å². The molecule has 20 heavy (non-hydrogen) atoms. The summed E-state index contributed by atoms with van der Waals surface area (Å²) in [6.45, 7) is 4.81. The zero-order valence-electron chi connectivity index (χ0n) is 12.8. The predicted octanol–water partition coefficient (Wildman–Crippen LogP) is 2.87. The molecular weight excluding hydrogens is 250 g/mol. The second-order valence-corrected chi connectivity index (χ2v) is 6.54. The standard InChI is InChI=1S/C16H27N3O/c1-13(2)19-9-6-14(18-19)10-15(20)11-16(12-17)7-4-3-5-8-16/h6,9,13H,3-5,7-8,10-12,17H2,1-2H3. The molecule has 1 saturated carbocycles. The van der Waals surface area contributed by atoms with Gasteiger partial charge in [0.25, 0.3) is 0 Å². The van der Waals surface area contributed by atoms with Crippen molar-refractivity contribution in [1.82, 2.24) is 9.78 Å². The van der Waals surface area contributed by atoms with Crippen molar-refractivity contribution in [1.29, 1.82) is 0 Å². The monoisotopic (exact) mass is 277 g/mol. The van der Waals surface area contributed by atoms with Gasteiger partial charge in [0.2, 0.25) is 0 Å². The summed E-state index contributed by atoms with van der Waals surface area (Å²) in [5.74, 6) is 0.284. The van der Waals surface area contributed by atoms with Crippen LogP contribution in [-0.2, 0) is 11.2 Å². The van der Waals surface area contributed by atoms with Crippen molar-refractivity contribution in [2.75, 3.05) is 6.54 Å². The lowest BCUT2D eigenvalue weighted by molar-refractivity contribution is -0.121. The van der Waals surface area contributed by atoms with E-state index in [1.165, 1.54) is 19.3 Å². The Hall–Kier alpha value is -1.16. The number of hydrogen-bond acceptors (Lipinski definition) is 3. The van der Waals surface area contributed by atoms with E-state index in [4.69, 9.17) is 5.73 Å². The van der Waals surface area contributed by atoms with Gasteiger partial charge in [0, 0.05) is 18.7 Å². The lowest BCUT2D eigenvalue weighted by atomic mass is 9.70. The van der Waals surface area contributed by atoms with Crippen molar-refractivity contribution in [3.63, 3.8) is 0 Å². The van der Waals surface area contributed by atoms with Gasteiger partial charge in [-0.05, 0) is 44.7 Å². The molecule has 0 aromatic carbocycles. The molecule has 1 aliphatic carbocycles. The first-order valence-corrected chi connectivity index (χ1v) is 7.80. The molecule has 1 heterocycles. The van der Waals surface area contributed by atoms with Crippen LogP contribution in [0.3, 0.4) is 0 Å². The van der Waals surface area contributed by atoms with E-state index in [1.54, 1.807) is 0 Å². The molecule has 1 aromatic heterocycles. The van der Waals surface area contributed by atoms with Crippen molar-refractivity contribution in [2.45, 2.75) is 64.8 Å². The summed E-state index contributed by atoms with van der Waals surface area (Å²) in [6, 6.07) is 2.29. The summed E-state index contributed by atoms with van der Waals surface area (Å²) in [5.41, 5.74) is 6.90. The Balaban J connectivity index is 1.93. The van der Waals surface area contributed by atoms with Crippen molar-refractivity contribution >= 4 is 5.78 Å². The van der Waals surface area contributed by atoms with Crippen molar-refractivity contribution in [3.8, 4) is 0 Å². The van der Waals surface area contributed by atoms with Gasteiger partial charge in [0.1, 0.15) is 5.78 Å². The molecule has 0 radical (unpaired) electrons. The number of nitrogens with zero attached hydrogens (tertiary/aromatic N) is 2. The number of aromatic nitrogens is 2. The summed E-state index contributed by atoms with van der Waals surface area (Å²) < 4.78 is 1.90. The largest absolute Gasteiger partial charge is 0.330 e. The number of carbonyl (C=O) groups is 1. The van der Waals surface area contributed by atoms with Crippen LogP contribution in [0.4, 0.5) is 0 Å². The quantitative estimate of drug-likeness (QED) is 0.869. The lowest BCUT2D eigenvalue weighted by Crippen LogP contribution is -2.35. The molecule has 0 saturated heterocycles. The fourth-order valence-electron chi connectivity index (χ4n) is 3.20. The molecular formula is C16H27N3O. The second kappa shape index (κ2) is 6.53. The zero-order valence-corrected chi connectivity index (χ0v) is 12.8. The molecule has 2 N–H and O–H groups in total. The maximum Gasteiger partial charge on any atom is 0.139 e. The Kier molecular flexibility index (Phi) is 4.97. The van der Waals surface area contributed by atoms with Crippen LogP contribution in [-0.4, -0.2) is 22.1 Å². The van der Waals surface area contributed by atoms with E-state index >= 15 is 0 Å². The average molecular weight is 277 g/mol. The molecule has 0 atom stereocenters. The molecule has 0 amide bonds. The first-order chi connectivity index (χ1) is 9.54. The summed E-state index contributed by atoms with van der Waals surface area (Å²) in [6.07, 6.45) is 8.95. The third-order valence-electron chi connectivity index (χ3n) is 4.49. The van der Waals surface area contributed by atoms with Crippen molar-refractivity contribution in [3.05, 3.63) is 18.0 Å². The molecule has 112 valence electrons. The second-order valence-electron chi connectivity index (χ2n) is 6.54.